The Hall–Kier alpha value is -1.10. The zero-order chi connectivity index (χ0) is 13.7. The van der Waals surface area contributed by atoms with Gasteiger partial charge in [-0.05, 0) is 32.7 Å². The number of rotatable bonds is 5. The van der Waals surface area contributed by atoms with Crippen molar-refractivity contribution < 1.29 is 14.7 Å². The number of hydrogen-bond donors (Lipinski definition) is 1. The maximum Gasteiger partial charge on any atom is 0.303 e. The van der Waals surface area contributed by atoms with Gasteiger partial charge in [0.2, 0.25) is 5.91 Å². The molecule has 1 amide bonds. The molecule has 0 aromatic heterocycles. The lowest BCUT2D eigenvalue weighted by atomic mass is 10.1. The van der Waals surface area contributed by atoms with Crippen LogP contribution in [-0.4, -0.2) is 59.0 Å². The number of carbonyl (C=O) groups is 2. The van der Waals surface area contributed by atoms with Crippen LogP contribution in [0.25, 0.3) is 0 Å². The van der Waals surface area contributed by atoms with Crippen LogP contribution in [0.4, 0.5) is 0 Å². The number of hydrogen-bond acceptors (Lipinski definition) is 3. The van der Waals surface area contributed by atoms with Crippen LogP contribution < -0.4 is 0 Å². The molecule has 1 aliphatic rings. The van der Waals surface area contributed by atoms with Gasteiger partial charge in [0.05, 0.1) is 6.04 Å². The maximum atomic E-state index is 12.3. The van der Waals surface area contributed by atoms with E-state index in [0.29, 0.717) is 6.42 Å². The summed E-state index contributed by atoms with van der Waals surface area (Å²) in [6.45, 7) is 5.85. The molecule has 1 rings (SSSR count). The number of likely N-dealkylation sites (N-methyl/N-ethyl adjacent to an activating group) is 1. The van der Waals surface area contributed by atoms with E-state index in [2.05, 4.69) is 11.8 Å². The van der Waals surface area contributed by atoms with Crippen molar-refractivity contribution in [2.24, 2.45) is 0 Å². The number of carbonyl (C=O) groups excluding carboxylic acids is 1. The quantitative estimate of drug-likeness (QED) is 0.802. The second kappa shape index (κ2) is 6.73. The van der Waals surface area contributed by atoms with Crippen molar-refractivity contribution in [1.29, 1.82) is 0 Å². The summed E-state index contributed by atoms with van der Waals surface area (Å²) in [6.07, 6.45) is 2.39. The van der Waals surface area contributed by atoms with E-state index in [0.717, 1.165) is 25.9 Å². The number of carboxylic acid groups (broad SMARTS) is 1. The van der Waals surface area contributed by atoms with Gasteiger partial charge in [0.1, 0.15) is 0 Å². The van der Waals surface area contributed by atoms with E-state index in [4.69, 9.17) is 5.11 Å². The third-order valence-electron chi connectivity index (χ3n) is 3.71. The molecule has 18 heavy (non-hydrogen) atoms. The molecule has 1 fully saturated rings. The van der Waals surface area contributed by atoms with E-state index >= 15 is 0 Å². The van der Waals surface area contributed by atoms with Gasteiger partial charge in [0.15, 0.2) is 0 Å². The molecule has 5 heteroatoms. The average Bonchev–Trinajstić information content (AvgIpc) is 2.41. The van der Waals surface area contributed by atoms with Crippen LogP contribution in [0.2, 0.25) is 0 Å². The molecule has 1 heterocycles. The molecule has 2 atom stereocenters. The van der Waals surface area contributed by atoms with Gasteiger partial charge in [-0.3, -0.25) is 14.5 Å². The minimum Gasteiger partial charge on any atom is -0.481 e. The van der Waals surface area contributed by atoms with Crippen molar-refractivity contribution in [3.63, 3.8) is 0 Å². The SMILES string of the molecule is CCCN1CCC(C)N(C)C(=O)C1CCC(=O)O. The van der Waals surface area contributed by atoms with Gasteiger partial charge in [-0.1, -0.05) is 6.92 Å². The molecule has 0 saturated carbocycles. The largest absolute Gasteiger partial charge is 0.481 e. The number of aliphatic carboxylic acids is 1. The smallest absolute Gasteiger partial charge is 0.303 e. The van der Waals surface area contributed by atoms with E-state index < -0.39 is 5.97 Å². The third kappa shape index (κ3) is 3.70. The fourth-order valence-electron chi connectivity index (χ4n) is 2.43. The van der Waals surface area contributed by atoms with Gasteiger partial charge in [0.25, 0.3) is 0 Å². The first-order valence-electron chi connectivity index (χ1n) is 6.69. The van der Waals surface area contributed by atoms with Crippen molar-refractivity contribution >= 4 is 11.9 Å². The van der Waals surface area contributed by atoms with Crippen molar-refractivity contribution in [2.75, 3.05) is 20.1 Å². The first-order valence-corrected chi connectivity index (χ1v) is 6.69. The minimum atomic E-state index is -0.834. The van der Waals surface area contributed by atoms with E-state index in [1.807, 2.05) is 14.0 Å². The zero-order valence-electron chi connectivity index (χ0n) is 11.6. The Bertz CT molecular complexity index is 307. The highest BCUT2D eigenvalue weighted by molar-refractivity contribution is 5.82. The van der Waals surface area contributed by atoms with Crippen molar-refractivity contribution in [1.82, 2.24) is 9.80 Å². The van der Waals surface area contributed by atoms with Gasteiger partial charge in [-0.15, -0.1) is 0 Å². The summed E-state index contributed by atoms with van der Waals surface area (Å²) >= 11 is 0. The Balaban J connectivity index is 2.79. The minimum absolute atomic E-state index is 0.0544. The second-order valence-electron chi connectivity index (χ2n) is 5.07. The number of amides is 1. The second-order valence-corrected chi connectivity index (χ2v) is 5.07. The molecule has 2 unspecified atom stereocenters. The van der Waals surface area contributed by atoms with Crippen LogP contribution in [0.1, 0.15) is 39.5 Å². The summed E-state index contributed by atoms with van der Waals surface area (Å²) in [6, 6.07) is -0.0392. The van der Waals surface area contributed by atoms with E-state index in [9.17, 15) is 9.59 Å². The predicted molar refractivity (Wildman–Crippen MR) is 69.4 cm³/mol. The van der Waals surface area contributed by atoms with Gasteiger partial charge < -0.3 is 10.0 Å². The highest BCUT2D eigenvalue weighted by Gasteiger charge is 2.33. The topological polar surface area (TPSA) is 60.9 Å². The third-order valence-corrected chi connectivity index (χ3v) is 3.71. The van der Waals surface area contributed by atoms with Crippen molar-refractivity contribution in [3.05, 3.63) is 0 Å². The zero-order valence-corrected chi connectivity index (χ0v) is 11.6. The van der Waals surface area contributed by atoms with Crippen LogP contribution in [-0.2, 0) is 9.59 Å². The lowest BCUT2D eigenvalue weighted by molar-refractivity contribution is -0.139. The maximum absolute atomic E-state index is 12.3. The molecule has 0 spiro atoms. The van der Waals surface area contributed by atoms with Gasteiger partial charge in [-0.2, -0.15) is 0 Å². The number of nitrogens with zero attached hydrogens (tertiary/aromatic N) is 2. The Morgan fingerprint density at radius 1 is 1.50 bits per heavy atom. The first-order chi connectivity index (χ1) is 8.47. The molecule has 1 aliphatic heterocycles. The van der Waals surface area contributed by atoms with E-state index in [-0.39, 0.29) is 24.4 Å². The summed E-state index contributed by atoms with van der Waals surface area (Å²) in [4.78, 5) is 27.0. The standard InChI is InChI=1S/C13H24N2O3/c1-4-8-15-9-7-10(2)14(3)13(18)11(15)5-6-12(16)17/h10-11H,4-9H2,1-3H3,(H,16,17). The highest BCUT2D eigenvalue weighted by Crippen LogP contribution is 2.19. The summed E-state index contributed by atoms with van der Waals surface area (Å²) in [5.41, 5.74) is 0. The van der Waals surface area contributed by atoms with E-state index in [1.54, 1.807) is 4.90 Å². The predicted octanol–water partition coefficient (Wildman–Crippen LogP) is 1.18. The molecule has 0 aromatic carbocycles. The summed E-state index contributed by atoms with van der Waals surface area (Å²) in [5, 5.41) is 8.79. The van der Waals surface area contributed by atoms with Gasteiger partial charge in [0, 0.05) is 26.1 Å². The highest BCUT2D eigenvalue weighted by atomic mass is 16.4. The summed E-state index contributed by atoms with van der Waals surface area (Å²) in [7, 11) is 1.82. The molecule has 1 N–H and O–H groups in total. The Morgan fingerprint density at radius 2 is 2.17 bits per heavy atom. The molecule has 0 radical (unpaired) electrons. The number of carboxylic acids is 1. The van der Waals surface area contributed by atoms with Gasteiger partial charge in [-0.25, -0.2) is 0 Å². The molecular weight excluding hydrogens is 232 g/mol. The van der Waals surface area contributed by atoms with E-state index in [1.165, 1.54) is 0 Å². The van der Waals surface area contributed by atoms with Gasteiger partial charge >= 0.3 is 5.97 Å². The fraction of sp³-hybridized carbons (Fsp3) is 0.846. The normalized spacial score (nSPS) is 26.2. The van der Waals surface area contributed by atoms with Crippen LogP contribution in [0.5, 0.6) is 0 Å². The van der Waals surface area contributed by atoms with Crippen LogP contribution in [0.15, 0.2) is 0 Å². The summed E-state index contributed by atoms with van der Waals surface area (Å²) < 4.78 is 0. The first kappa shape index (κ1) is 15.0. The molecule has 0 aliphatic carbocycles. The van der Waals surface area contributed by atoms with Crippen molar-refractivity contribution in [2.45, 2.75) is 51.6 Å². The monoisotopic (exact) mass is 256 g/mol. The van der Waals surface area contributed by atoms with Crippen LogP contribution in [0, 0.1) is 0 Å². The Morgan fingerprint density at radius 3 is 2.72 bits per heavy atom. The average molecular weight is 256 g/mol. The lowest BCUT2D eigenvalue weighted by Gasteiger charge is -2.29. The Kier molecular flexibility index (Phi) is 5.59. The molecule has 1 saturated heterocycles. The molecule has 5 nitrogen and oxygen atoms in total. The summed E-state index contributed by atoms with van der Waals surface area (Å²) in [5.74, 6) is -0.770. The molecule has 0 bridgehead atoms. The van der Waals surface area contributed by atoms with Crippen LogP contribution >= 0.6 is 0 Å². The molecular formula is C13H24N2O3. The van der Waals surface area contributed by atoms with Crippen LogP contribution in [0.3, 0.4) is 0 Å². The Labute approximate surface area is 109 Å². The fourth-order valence-corrected chi connectivity index (χ4v) is 2.43. The molecule has 104 valence electrons. The molecule has 0 aromatic rings. The van der Waals surface area contributed by atoms with Crippen molar-refractivity contribution in [3.8, 4) is 0 Å². The lowest BCUT2D eigenvalue weighted by Crippen LogP contribution is -2.46.